The van der Waals surface area contributed by atoms with Crippen molar-refractivity contribution in [3.63, 3.8) is 0 Å². The lowest BCUT2D eigenvalue weighted by molar-refractivity contribution is -0.138. The van der Waals surface area contributed by atoms with Crippen LogP contribution < -0.4 is 9.64 Å². The minimum absolute atomic E-state index is 0. The molecule has 0 radical (unpaired) electrons. The zero-order valence-corrected chi connectivity index (χ0v) is 13.0. The van der Waals surface area contributed by atoms with Crippen LogP contribution in [0.15, 0.2) is 24.3 Å². The normalized spacial score (nSPS) is 14.9. The maximum atomic E-state index is 10.6. The van der Waals surface area contributed by atoms with E-state index in [2.05, 4.69) is 4.90 Å². The van der Waals surface area contributed by atoms with Crippen molar-refractivity contribution in [1.29, 1.82) is 0 Å². The molecule has 0 saturated carbocycles. The summed E-state index contributed by atoms with van der Waals surface area (Å²) in [6.45, 7) is 3.44. The zero-order valence-electron chi connectivity index (χ0n) is 11.3. The summed E-state index contributed by atoms with van der Waals surface area (Å²) in [5.41, 5.74) is 1.16. The first-order valence-electron chi connectivity index (χ1n) is 6.02. The number of methoxy groups -OCH3 is 1. The predicted molar refractivity (Wildman–Crippen MR) is 83.8 cm³/mol. The van der Waals surface area contributed by atoms with E-state index in [0.29, 0.717) is 0 Å². The number of piperazine rings is 1. The molecule has 0 spiro atoms. The third kappa shape index (κ3) is 5.07. The molecule has 0 atom stereocenters. The molecule has 1 N–H and O–H groups in total. The number of hydrogen-bond donors (Lipinski definition) is 1. The third-order valence-corrected chi connectivity index (χ3v) is 3.17. The fraction of sp³-hybridized carbons (Fsp3) is 0.462. The van der Waals surface area contributed by atoms with Gasteiger partial charge in [0.15, 0.2) is 0 Å². The van der Waals surface area contributed by atoms with Crippen molar-refractivity contribution in [3.8, 4) is 5.75 Å². The van der Waals surface area contributed by atoms with Gasteiger partial charge in [-0.1, -0.05) is 0 Å². The van der Waals surface area contributed by atoms with E-state index in [9.17, 15) is 4.79 Å². The summed E-state index contributed by atoms with van der Waals surface area (Å²) >= 11 is 0. The van der Waals surface area contributed by atoms with Crippen LogP contribution in [0.2, 0.25) is 0 Å². The Balaban J connectivity index is 0.00000180. The number of nitrogens with zero attached hydrogens (tertiary/aromatic N) is 2. The quantitative estimate of drug-likeness (QED) is 0.915. The van der Waals surface area contributed by atoms with E-state index in [1.807, 2.05) is 29.2 Å². The van der Waals surface area contributed by atoms with Gasteiger partial charge in [0.05, 0.1) is 13.7 Å². The van der Waals surface area contributed by atoms with E-state index in [0.717, 1.165) is 37.6 Å². The second kappa shape index (κ2) is 8.89. The van der Waals surface area contributed by atoms with Gasteiger partial charge in [-0.25, -0.2) is 0 Å². The van der Waals surface area contributed by atoms with E-state index in [1.54, 1.807) is 7.11 Å². The Kier molecular flexibility index (Phi) is 8.37. The molecule has 1 aliphatic rings. The molecule has 0 amide bonds. The van der Waals surface area contributed by atoms with Gasteiger partial charge in [-0.2, -0.15) is 0 Å². The standard InChI is InChI=1S/C13H18N2O3.2ClH/c1-18-12-4-2-11(3-5-12)15-8-6-14(7-9-15)10-13(16)17;;/h2-5H,6-10H2,1H3,(H,16,17);2*1H. The molecule has 20 heavy (non-hydrogen) atoms. The molecule has 0 aromatic heterocycles. The van der Waals surface area contributed by atoms with Crippen LogP contribution in [0.5, 0.6) is 5.75 Å². The Hall–Kier alpha value is -1.17. The van der Waals surface area contributed by atoms with Crippen LogP contribution in [0.25, 0.3) is 0 Å². The van der Waals surface area contributed by atoms with Gasteiger partial charge in [0.1, 0.15) is 5.75 Å². The molecule has 0 bridgehead atoms. The molecule has 114 valence electrons. The van der Waals surface area contributed by atoms with Crippen LogP contribution in [-0.4, -0.2) is 55.8 Å². The summed E-state index contributed by atoms with van der Waals surface area (Å²) < 4.78 is 5.13. The fourth-order valence-corrected chi connectivity index (χ4v) is 2.15. The topological polar surface area (TPSA) is 53.0 Å². The van der Waals surface area contributed by atoms with Crippen molar-refractivity contribution in [2.24, 2.45) is 0 Å². The zero-order chi connectivity index (χ0) is 13.0. The van der Waals surface area contributed by atoms with Crippen LogP contribution >= 0.6 is 24.8 Å². The van der Waals surface area contributed by atoms with Crippen LogP contribution in [0.3, 0.4) is 0 Å². The number of hydrogen-bond acceptors (Lipinski definition) is 4. The average molecular weight is 323 g/mol. The van der Waals surface area contributed by atoms with Crippen molar-refractivity contribution >= 4 is 36.5 Å². The summed E-state index contributed by atoms with van der Waals surface area (Å²) in [5, 5.41) is 8.74. The summed E-state index contributed by atoms with van der Waals surface area (Å²) in [4.78, 5) is 14.8. The van der Waals surface area contributed by atoms with Crippen molar-refractivity contribution in [1.82, 2.24) is 4.90 Å². The number of anilines is 1. The van der Waals surface area contributed by atoms with Crippen molar-refractivity contribution in [3.05, 3.63) is 24.3 Å². The highest BCUT2D eigenvalue weighted by atomic mass is 35.5. The number of carboxylic acids is 1. The van der Waals surface area contributed by atoms with Gasteiger partial charge in [-0.15, -0.1) is 24.8 Å². The van der Waals surface area contributed by atoms with E-state index in [-0.39, 0.29) is 31.4 Å². The van der Waals surface area contributed by atoms with Crippen LogP contribution in [0.1, 0.15) is 0 Å². The molecule has 1 aromatic carbocycles. The largest absolute Gasteiger partial charge is 0.497 e. The number of halogens is 2. The molecule has 2 rings (SSSR count). The predicted octanol–water partition coefficient (Wildman–Crippen LogP) is 1.75. The van der Waals surface area contributed by atoms with E-state index < -0.39 is 5.97 Å². The Morgan fingerprint density at radius 2 is 1.70 bits per heavy atom. The van der Waals surface area contributed by atoms with Gasteiger partial charge in [0.25, 0.3) is 0 Å². The molecule has 5 nitrogen and oxygen atoms in total. The highest BCUT2D eigenvalue weighted by Gasteiger charge is 2.18. The monoisotopic (exact) mass is 322 g/mol. The Bertz CT molecular complexity index is 407. The molecule has 1 fully saturated rings. The van der Waals surface area contributed by atoms with Gasteiger partial charge < -0.3 is 14.7 Å². The Labute approximate surface area is 131 Å². The molecular weight excluding hydrogens is 303 g/mol. The lowest BCUT2D eigenvalue weighted by Gasteiger charge is -2.35. The molecule has 0 aliphatic carbocycles. The summed E-state index contributed by atoms with van der Waals surface area (Å²) in [6, 6.07) is 7.95. The van der Waals surface area contributed by atoms with Crippen LogP contribution in [0.4, 0.5) is 5.69 Å². The maximum Gasteiger partial charge on any atom is 0.317 e. The number of carbonyl (C=O) groups is 1. The van der Waals surface area contributed by atoms with Gasteiger partial charge in [0.2, 0.25) is 0 Å². The lowest BCUT2D eigenvalue weighted by Crippen LogP contribution is -2.47. The first-order chi connectivity index (χ1) is 8.69. The van der Waals surface area contributed by atoms with Crippen molar-refractivity contribution < 1.29 is 14.6 Å². The maximum absolute atomic E-state index is 10.6. The number of carboxylic acid groups (broad SMARTS) is 1. The molecule has 0 unspecified atom stereocenters. The highest BCUT2D eigenvalue weighted by Crippen LogP contribution is 2.20. The minimum atomic E-state index is -0.757. The van der Waals surface area contributed by atoms with Crippen LogP contribution in [0, 0.1) is 0 Å². The average Bonchev–Trinajstić information content (AvgIpc) is 2.39. The SMILES string of the molecule is COc1ccc(N2CCN(CC(=O)O)CC2)cc1.Cl.Cl. The number of ether oxygens (including phenoxy) is 1. The molecule has 1 aromatic rings. The summed E-state index contributed by atoms with van der Waals surface area (Å²) in [6.07, 6.45) is 0. The Morgan fingerprint density at radius 3 is 2.15 bits per heavy atom. The molecule has 7 heteroatoms. The fourth-order valence-electron chi connectivity index (χ4n) is 2.15. The van der Waals surface area contributed by atoms with Gasteiger partial charge >= 0.3 is 5.97 Å². The first-order valence-corrected chi connectivity index (χ1v) is 6.02. The smallest absolute Gasteiger partial charge is 0.317 e. The molecule has 1 saturated heterocycles. The summed E-state index contributed by atoms with van der Waals surface area (Å²) in [5.74, 6) is 0.0937. The van der Waals surface area contributed by atoms with Gasteiger partial charge in [-0.05, 0) is 24.3 Å². The van der Waals surface area contributed by atoms with Crippen LogP contribution in [-0.2, 0) is 4.79 Å². The number of aliphatic carboxylic acids is 1. The first kappa shape index (κ1) is 18.8. The second-order valence-electron chi connectivity index (χ2n) is 4.35. The van der Waals surface area contributed by atoms with E-state index in [1.165, 1.54) is 0 Å². The lowest BCUT2D eigenvalue weighted by atomic mass is 10.2. The van der Waals surface area contributed by atoms with Crippen molar-refractivity contribution in [2.75, 3.05) is 44.7 Å². The minimum Gasteiger partial charge on any atom is -0.497 e. The molecule has 1 aliphatic heterocycles. The Morgan fingerprint density at radius 1 is 1.15 bits per heavy atom. The molecule has 1 heterocycles. The third-order valence-electron chi connectivity index (χ3n) is 3.17. The van der Waals surface area contributed by atoms with Gasteiger partial charge in [-0.3, -0.25) is 9.69 Å². The highest BCUT2D eigenvalue weighted by molar-refractivity contribution is 5.85. The van der Waals surface area contributed by atoms with Gasteiger partial charge in [0, 0.05) is 31.9 Å². The number of benzene rings is 1. The van der Waals surface area contributed by atoms with E-state index in [4.69, 9.17) is 9.84 Å². The van der Waals surface area contributed by atoms with Crippen molar-refractivity contribution in [2.45, 2.75) is 0 Å². The molecular formula is C13H20Cl2N2O3. The number of rotatable bonds is 4. The second-order valence-corrected chi connectivity index (χ2v) is 4.35. The van der Waals surface area contributed by atoms with E-state index >= 15 is 0 Å². The summed E-state index contributed by atoms with van der Waals surface area (Å²) in [7, 11) is 1.65.